The molecular formula is C20H23N3O3S. The van der Waals surface area contributed by atoms with Crippen LogP contribution in [0.2, 0.25) is 0 Å². The van der Waals surface area contributed by atoms with Gasteiger partial charge in [0.1, 0.15) is 0 Å². The van der Waals surface area contributed by atoms with Crippen LogP contribution in [-0.2, 0) is 16.4 Å². The lowest BCUT2D eigenvalue weighted by molar-refractivity contribution is 0.501. The minimum absolute atomic E-state index is 0.184. The highest BCUT2D eigenvalue weighted by Gasteiger charge is 2.15. The van der Waals surface area contributed by atoms with Gasteiger partial charge in [-0.25, -0.2) is 13.1 Å². The van der Waals surface area contributed by atoms with E-state index in [1.54, 1.807) is 12.1 Å². The van der Waals surface area contributed by atoms with Crippen molar-refractivity contribution >= 4 is 10.0 Å². The Morgan fingerprint density at radius 3 is 2.41 bits per heavy atom. The summed E-state index contributed by atoms with van der Waals surface area (Å²) < 4.78 is 33.0. The maximum absolute atomic E-state index is 12.4. The van der Waals surface area contributed by atoms with Gasteiger partial charge in [0.25, 0.3) is 0 Å². The molecule has 0 saturated carbocycles. The van der Waals surface area contributed by atoms with Gasteiger partial charge in [0, 0.05) is 18.5 Å². The van der Waals surface area contributed by atoms with E-state index in [-0.39, 0.29) is 11.4 Å². The number of benzene rings is 2. The summed E-state index contributed by atoms with van der Waals surface area (Å²) in [5, 5.41) is 8.06. The van der Waals surface area contributed by atoms with E-state index in [0.29, 0.717) is 24.1 Å². The number of aromatic nitrogens is 2. The van der Waals surface area contributed by atoms with Crippen molar-refractivity contribution < 1.29 is 12.8 Å². The van der Waals surface area contributed by atoms with Gasteiger partial charge in [-0.15, -0.1) is 10.2 Å². The van der Waals surface area contributed by atoms with Crippen molar-refractivity contribution in [2.24, 2.45) is 0 Å². The van der Waals surface area contributed by atoms with Crippen LogP contribution in [0.1, 0.15) is 36.8 Å². The van der Waals surface area contributed by atoms with Crippen LogP contribution in [0.4, 0.5) is 0 Å². The van der Waals surface area contributed by atoms with Gasteiger partial charge in [0.2, 0.25) is 21.8 Å². The fourth-order valence-corrected chi connectivity index (χ4v) is 3.72. The summed E-state index contributed by atoms with van der Waals surface area (Å²) in [6.45, 7) is 6.29. The third-order valence-electron chi connectivity index (χ3n) is 4.33. The average molecular weight is 385 g/mol. The first-order valence-corrected chi connectivity index (χ1v) is 10.3. The molecule has 0 saturated heterocycles. The molecule has 0 radical (unpaired) electrons. The third kappa shape index (κ3) is 4.61. The Balaban J connectivity index is 1.62. The second kappa shape index (κ2) is 8.02. The van der Waals surface area contributed by atoms with Crippen molar-refractivity contribution in [3.05, 3.63) is 65.5 Å². The first-order chi connectivity index (χ1) is 12.9. The number of nitrogens with one attached hydrogen (secondary N) is 1. The van der Waals surface area contributed by atoms with Crippen LogP contribution in [-0.4, -0.2) is 25.2 Å². The highest BCUT2D eigenvalue weighted by Crippen LogP contribution is 2.21. The van der Waals surface area contributed by atoms with E-state index in [4.69, 9.17) is 4.42 Å². The fraction of sp³-hybridized carbons (Fsp3) is 0.300. The smallest absolute Gasteiger partial charge is 0.247 e. The van der Waals surface area contributed by atoms with Crippen molar-refractivity contribution in [1.82, 2.24) is 14.9 Å². The molecule has 0 spiro atoms. The maximum atomic E-state index is 12.4. The number of aryl methyl sites for hydroxylation is 1. The van der Waals surface area contributed by atoms with Crippen LogP contribution < -0.4 is 4.72 Å². The molecule has 0 amide bonds. The lowest BCUT2D eigenvalue weighted by Gasteiger charge is -2.08. The summed E-state index contributed by atoms with van der Waals surface area (Å²) in [7, 11) is -3.56. The molecule has 3 rings (SSSR count). The molecule has 7 heteroatoms. The van der Waals surface area contributed by atoms with Gasteiger partial charge >= 0.3 is 0 Å². The zero-order chi connectivity index (χ0) is 19.4. The van der Waals surface area contributed by atoms with E-state index in [2.05, 4.69) is 28.8 Å². The lowest BCUT2D eigenvalue weighted by atomic mass is 10.0. The van der Waals surface area contributed by atoms with Crippen molar-refractivity contribution in [2.75, 3.05) is 6.54 Å². The molecule has 0 unspecified atom stereocenters. The van der Waals surface area contributed by atoms with Crippen LogP contribution in [0.15, 0.2) is 57.8 Å². The molecule has 3 aromatic rings. The van der Waals surface area contributed by atoms with E-state index >= 15 is 0 Å². The van der Waals surface area contributed by atoms with Crippen molar-refractivity contribution in [2.45, 2.75) is 38.0 Å². The van der Waals surface area contributed by atoms with Crippen molar-refractivity contribution in [3.63, 3.8) is 0 Å². The molecule has 0 atom stereocenters. The van der Waals surface area contributed by atoms with E-state index in [1.807, 2.05) is 43.3 Å². The second-order valence-electron chi connectivity index (χ2n) is 6.69. The Bertz CT molecular complexity index is 1010. The SMILES string of the molecule is Cc1ccccc1-c1nnc(CCNS(=O)(=O)c2ccc(C(C)C)cc2)o1. The Morgan fingerprint density at radius 1 is 1.04 bits per heavy atom. The number of nitrogens with zero attached hydrogens (tertiary/aromatic N) is 2. The summed E-state index contributed by atoms with van der Waals surface area (Å²) in [5.41, 5.74) is 3.02. The van der Waals surface area contributed by atoms with Gasteiger partial charge in [0.05, 0.1) is 4.90 Å². The average Bonchev–Trinajstić information content (AvgIpc) is 3.10. The molecule has 1 N–H and O–H groups in total. The molecule has 0 fully saturated rings. The van der Waals surface area contributed by atoms with Crippen molar-refractivity contribution in [3.8, 4) is 11.5 Å². The van der Waals surface area contributed by atoms with Crippen LogP contribution >= 0.6 is 0 Å². The van der Waals surface area contributed by atoms with Gasteiger partial charge in [-0.1, -0.05) is 44.2 Å². The molecule has 0 bridgehead atoms. The minimum atomic E-state index is -3.56. The molecule has 27 heavy (non-hydrogen) atoms. The molecule has 0 aliphatic carbocycles. The van der Waals surface area contributed by atoms with Gasteiger partial charge in [0.15, 0.2) is 0 Å². The number of rotatable bonds is 7. The number of sulfonamides is 1. The first-order valence-electron chi connectivity index (χ1n) is 8.85. The Hall–Kier alpha value is -2.51. The number of hydrogen-bond acceptors (Lipinski definition) is 5. The highest BCUT2D eigenvalue weighted by atomic mass is 32.2. The van der Waals surface area contributed by atoms with E-state index in [0.717, 1.165) is 16.7 Å². The normalized spacial score (nSPS) is 11.9. The summed E-state index contributed by atoms with van der Waals surface area (Å²) in [6, 6.07) is 14.7. The Morgan fingerprint density at radius 2 is 1.74 bits per heavy atom. The number of hydrogen-bond donors (Lipinski definition) is 1. The van der Waals surface area contributed by atoms with Gasteiger partial charge in [-0.05, 0) is 42.2 Å². The van der Waals surface area contributed by atoms with Crippen LogP contribution in [0, 0.1) is 6.92 Å². The van der Waals surface area contributed by atoms with Crippen LogP contribution in [0.5, 0.6) is 0 Å². The summed E-state index contributed by atoms with van der Waals surface area (Å²) in [4.78, 5) is 0.248. The highest BCUT2D eigenvalue weighted by molar-refractivity contribution is 7.89. The van der Waals surface area contributed by atoms with Gasteiger partial charge in [-0.2, -0.15) is 0 Å². The maximum Gasteiger partial charge on any atom is 0.247 e. The van der Waals surface area contributed by atoms with Crippen LogP contribution in [0.25, 0.3) is 11.5 Å². The van der Waals surface area contributed by atoms with E-state index < -0.39 is 10.0 Å². The predicted molar refractivity (Wildman–Crippen MR) is 104 cm³/mol. The standard InChI is InChI=1S/C20H23N3O3S/c1-14(2)16-8-10-17(11-9-16)27(24,25)21-13-12-19-22-23-20(26-19)18-7-5-4-6-15(18)3/h4-11,14,21H,12-13H2,1-3H3. The topological polar surface area (TPSA) is 85.1 Å². The quantitative estimate of drug-likeness (QED) is 0.670. The second-order valence-corrected chi connectivity index (χ2v) is 8.45. The molecule has 142 valence electrons. The van der Waals surface area contributed by atoms with Crippen molar-refractivity contribution in [1.29, 1.82) is 0 Å². The summed E-state index contributed by atoms with van der Waals surface area (Å²) in [5.74, 6) is 1.19. The zero-order valence-electron chi connectivity index (χ0n) is 15.6. The molecule has 1 heterocycles. The Labute approximate surface area is 159 Å². The Kier molecular flexibility index (Phi) is 5.72. The molecule has 2 aromatic carbocycles. The summed E-state index contributed by atoms with van der Waals surface area (Å²) in [6.07, 6.45) is 0.322. The summed E-state index contributed by atoms with van der Waals surface area (Å²) >= 11 is 0. The van der Waals surface area contributed by atoms with E-state index in [1.165, 1.54) is 0 Å². The molecular weight excluding hydrogens is 362 g/mol. The molecule has 6 nitrogen and oxygen atoms in total. The predicted octanol–water partition coefficient (Wildman–Crippen LogP) is 3.69. The zero-order valence-corrected chi connectivity index (χ0v) is 16.5. The lowest BCUT2D eigenvalue weighted by Crippen LogP contribution is -2.26. The fourth-order valence-electron chi connectivity index (χ4n) is 2.68. The third-order valence-corrected chi connectivity index (χ3v) is 5.81. The minimum Gasteiger partial charge on any atom is -0.421 e. The molecule has 0 aliphatic rings. The van der Waals surface area contributed by atoms with E-state index in [9.17, 15) is 8.42 Å². The largest absolute Gasteiger partial charge is 0.421 e. The first kappa shape index (κ1) is 19.3. The van der Waals surface area contributed by atoms with Crippen LogP contribution in [0.3, 0.4) is 0 Å². The molecule has 0 aliphatic heterocycles. The monoisotopic (exact) mass is 385 g/mol. The van der Waals surface area contributed by atoms with Gasteiger partial charge < -0.3 is 4.42 Å². The van der Waals surface area contributed by atoms with Gasteiger partial charge in [-0.3, -0.25) is 0 Å². The molecule has 1 aromatic heterocycles.